The normalized spacial score (nSPS) is 10.8. The molecule has 6 nitrogen and oxygen atoms in total. The fourth-order valence-electron chi connectivity index (χ4n) is 2.65. The second-order valence-corrected chi connectivity index (χ2v) is 7.40. The van der Waals surface area contributed by atoms with Gasteiger partial charge in [-0.05, 0) is 23.8 Å². The number of aromatic amines is 1. The van der Waals surface area contributed by atoms with E-state index in [0.29, 0.717) is 33.7 Å². The number of hydrogen-bond donors (Lipinski definition) is 2. The highest BCUT2D eigenvalue weighted by Gasteiger charge is 2.15. The van der Waals surface area contributed by atoms with Crippen molar-refractivity contribution in [1.82, 2.24) is 15.0 Å². The third-order valence-electron chi connectivity index (χ3n) is 3.98. The minimum atomic E-state index is -0.520. The first kappa shape index (κ1) is 18.1. The van der Waals surface area contributed by atoms with Gasteiger partial charge in [-0.15, -0.1) is 11.3 Å². The lowest BCUT2D eigenvalue weighted by atomic mass is 10.2. The number of nitrogens with one attached hydrogen (secondary N) is 2. The lowest BCUT2D eigenvalue weighted by Gasteiger charge is -2.09. The van der Waals surface area contributed by atoms with Gasteiger partial charge in [-0.1, -0.05) is 17.7 Å². The number of nitrogens with zero attached hydrogens (tertiary/aromatic N) is 3. The Hall–Kier alpha value is -3.28. The molecule has 4 rings (SSSR count). The number of aromatic nitrogens is 3. The van der Waals surface area contributed by atoms with Crippen LogP contribution >= 0.6 is 22.9 Å². The zero-order valence-electron chi connectivity index (χ0n) is 14.2. The summed E-state index contributed by atoms with van der Waals surface area (Å²) in [4.78, 5) is 22.6. The number of H-pyrrole nitrogens is 1. The van der Waals surface area contributed by atoms with Crippen molar-refractivity contribution in [2.45, 2.75) is 6.42 Å². The van der Waals surface area contributed by atoms with Gasteiger partial charge < -0.3 is 10.3 Å². The molecular weight excluding hydrogens is 401 g/mol. The Morgan fingerprint density at radius 3 is 2.89 bits per heavy atom. The Balaban J connectivity index is 1.74. The molecule has 0 atom stereocenters. The number of nitriles is 1. The minimum absolute atomic E-state index is 0.0168. The van der Waals surface area contributed by atoms with Gasteiger partial charge in [0.1, 0.15) is 16.9 Å². The molecule has 0 amide bonds. The van der Waals surface area contributed by atoms with Crippen molar-refractivity contribution in [2.75, 3.05) is 5.32 Å². The highest BCUT2D eigenvalue weighted by molar-refractivity contribution is 7.19. The third kappa shape index (κ3) is 3.58. The monoisotopic (exact) mass is 411 g/mol. The standard InChI is InChI=1S/C19H11ClFN5OS/c20-13-6-12(2-3-14(13)21)25-17-11(7-22)9-24-19-18(17)28-16(26-19)5-10-1-4-15(27)23-8-10/h1-4,6,8-9H,5H2,(H,23,27)(H,24,25). The molecule has 0 spiro atoms. The Kier molecular flexibility index (Phi) is 4.77. The van der Waals surface area contributed by atoms with Gasteiger partial charge in [0.25, 0.3) is 0 Å². The smallest absolute Gasteiger partial charge is 0.247 e. The summed E-state index contributed by atoms with van der Waals surface area (Å²) >= 11 is 7.24. The van der Waals surface area contributed by atoms with E-state index in [1.54, 1.807) is 12.3 Å². The van der Waals surface area contributed by atoms with Crippen LogP contribution in [-0.2, 0) is 6.42 Å². The maximum atomic E-state index is 13.4. The molecule has 3 heterocycles. The summed E-state index contributed by atoms with van der Waals surface area (Å²) in [5.41, 5.74) is 2.66. The van der Waals surface area contributed by atoms with Crippen molar-refractivity contribution < 1.29 is 4.39 Å². The van der Waals surface area contributed by atoms with Gasteiger partial charge in [-0.3, -0.25) is 4.79 Å². The molecule has 2 N–H and O–H groups in total. The summed E-state index contributed by atoms with van der Waals surface area (Å²) in [6.45, 7) is 0. The van der Waals surface area contributed by atoms with Crippen LogP contribution in [0.5, 0.6) is 0 Å². The lowest BCUT2D eigenvalue weighted by Crippen LogP contribution is -2.03. The molecule has 28 heavy (non-hydrogen) atoms. The zero-order valence-corrected chi connectivity index (χ0v) is 15.7. The van der Waals surface area contributed by atoms with E-state index >= 15 is 0 Å². The van der Waals surface area contributed by atoms with Gasteiger partial charge in [0.2, 0.25) is 5.56 Å². The van der Waals surface area contributed by atoms with E-state index in [9.17, 15) is 14.4 Å². The van der Waals surface area contributed by atoms with E-state index in [-0.39, 0.29) is 10.6 Å². The van der Waals surface area contributed by atoms with Crippen molar-refractivity contribution >= 4 is 44.7 Å². The van der Waals surface area contributed by atoms with Crippen molar-refractivity contribution in [3.63, 3.8) is 0 Å². The molecule has 138 valence electrons. The molecule has 1 aromatic carbocycles. The van der Waals surface area contributed by atoms with E-state index in [1.165, 1.54) is 41.8 Å². The van der Waals surface area contributed by atoms with Crippen LogP contribution in [0.15, 0.2) is 47.5 Å². The average Bonchev–Trinajstić information content (AvgIpc) is 3.10. The van der Waals surface area contributed by atoms with E-state index in [1.807, 2.05) is 0 Å². The van der Waals surface area contributed by atoms with Crippen molar-refractivity contribution in [1.29, 1.82) is 5.26 Å². The van der Waals surface area contributed by atoms with Crippen LogP contribution in [0, 0.1) is 17.1 Å². The Bertz CT molecular complexity index is 1270. The maximum absolute atomic E-state index is 13.4. The summed E-state index contributed by atoms with van der Waals surface area (Å²) in [5.74, 6) is -0.520. The lowest BCUT2D eigenvalue weighted by molar-refractivity contribution is 0.628. The molecule has 0 aliphatic heterocycles. The molecule has 0 saturated carbocycles. The highest BCUT2D eigenvalue weighted by Crippen LogP contribution is 2.34. The van der Waals surface area contributed by atoms with Crippen molar-refractivity contribution in [2.24, 2.45) is 0 Å². The summed E-state index contributed by atoms with van der Waals surface area (Å²) in [6.07, 6.45) is 3.60. The maximum Gasteiger partial charge on any atom is 0.247 e. The number of benzene rings is 1. The molecule has 0 bridgehead atoms. The SMILES string of the molecule is N#Cc1cnc2nc(Cc3ccc(=O)[nH]c3)sc2c1Nc1ccc(F)c(Cl)c1. The van der Waals surface area contributed by atoms with Gasteiger partial charge in [0.05, 0.1) is 21.0 Å². The molecule has 0 aliphatic rings. The summed E-state index contributed by atoms with van der Waals surface area (Å²) in [7, 11) is 0. The van der Waals surface area contributed by atoms with Gasteiger partial charge in [0, 0.05) is 30.6 Å². The average molecular weight is 412 g/mol. The fourth-order valence-corrected chi connectivity index (χ4v) is 3.89. The van der Waals surface area contributed by atoms with Gasteiger partial charge >= 0.3 is 0 Å². The van der Waals surface area contributed by atoms with Crippen LogP contribution in [0.4, 0.5) is 15.8 Å². The molecule has 0 saturated heterocycles. The van der Waals surface area contributed by atoms with Gasteiger partial charge in [-0.2, -0.15) is 5.26 Å². The molecule has 4 aromatic rings. The minimum Gasteiger partial charge on any atom is -0.353 e. The number of fused-ring (bicyclic) bond motifs is 1. The molecule has 9 heteroatoms. The predicted octanol–water partition coefficient (Wildman–Crippen LogP) is 4.38. The van der Waals surface area contributed by atoms with Crippen LogP contribution in [0.1, 0.15) is 16.1 Å². The molecular formula is C19H11ClFN5OS. The number of pyridine rings is 2. The molecule has 0 aliphatic carbocycles. The Morgan fingerprint density at radius 1 is 1.32 bits per heavy atom. The van der Waals surface area contributed by atoms with Crippen molar-refractivity contribution in [3.8, 4) is 6.07 Å². The Labute approximate surface area is 167 Å². The van der Waals surface area contributed by atoms with E-state index in [4.69, 9.17) is 11.6 Å². The van der Waals surface area contributed by atoms with Gasteiger partial charge in [0.15, 0.2) is 5.65 Å². The van der Waals surface area contributed by atoms with E-state index in [2.05, 4.69) is 26.3 Å². The van der Waals surface area contributed by atoms with Gasteiger partial charge in [-0.25, -0.2) is 14.4 Å². The summed E-state index contributed by atoms with van der Waals surface area (Å²) in [5, 5.41) is 13.4. The summed E-state index contributed by atoms with van der Waals surface area (Å²) < 4.78 is 14.1. The van der Waals surface area contributed by atoms with Crippen molar-refractivity contribution in [3.05, 3.63) is 80.1 Å². The third-order valence-corrected chi connectivity index (χ3v) is 5.33. The highest BCUT2D eigenvalue weighted by atomic mass is 35.5. The zero-order chi connectivity index (χ0) is 19.7. The van der Waals surface area contributed by atoms with Crippen LogP contribution in [-0.4, -0.2) is 15.0 Å². The number of rotatable bonds is 4. The summed E-state index contributed by atoms with van der Waals surface area (Å²) in [6, 6.07) is 9.54. The molecule has 3 aromatic heterocycles. The predicted molar refractivity (Wildman–Crippen MR) is 107 cm³/mol. The van der Waals surface area contributed by atoms with E-state index < -0.39 is 5.82 Å². The number of hydrogen-bond acceptors (Lipinski definition) is 6. The first-order chi connectivity index (χ1) is 13.5. The fraction of sp³-hybridized carbons (Fsp3) is 0.0526. The molecule has 0 unspecified atom stereocenters. The number of halogens is 2. The largest absolute Gasteiger partial charge is 0.353 e. The second-order valence-electron chi connectivity index (χ2n) is 5.91. The Morgan fingerprint density at radius 2 is 2.18 bits per heavy atom. The topological polar surface area (TPSA) is 94.5 Å². The van der Waals surface area contributed by atoms with Crippen LogP contribution < -0.4 is 10.9 Å². The first-order valence-corrected chi connectivity index (χ1v) is 9.31. The number of anilines is 2. The van der Waals surface area contributed by atoms with Crippen LogP contribution in [0.3, 0.4) is 0 Å². The quantitative estimate of drug-likeness (QED) is 0.519. The second kappa shape index (κ2) is 7.38. The van der Waals surface area contributed by atoms with E-state index in [0.717, 1.165) is 10.6 Å². The van der Waals surface area contributed by atoms with Crippen LogP contribution in [0.2, 0.25) is 5.02 Å². The molecule has 0 fully saturated rings. The first-order valence-electron chi connectivity index (χ1n) is 8.11. The van der Waals surface area contributed by atoms with Crippen LogP contribution in [0.25, 0.3) is 10.3 Å². The number of thiazole rings is 1. The molecule has 0 radical (unpaired) electrons.